The highest BCUT2D eigenvalue weighted by molar-refractivity contribution is 5.93. The van der Waals surface area contributed by atoms with Crippen molar-refractivity contribution in [3.05, 3.63) is 23.8 Å². The zero-order valence-electron chi connectivity index (χ0n) is 15.5. The van der Waals surface area contributed by atoms with E-state index < -0.39 is 0 Å². The van der Waals surface area contributed by atoms with Gasteiger partial charge < -0.3 is 15.5 Å². The first-order chi connectivity index (χ1) is 11.6. The Kier molecular flexibility index (Phi) is 7.57. The van der Waals surface area contributed by atoms with E-state index in [9.17, 15) is 4.79 Å². The molecule has 2 N–H and O–H groups in total. The number of benzene rings is 1. The van der Waals surface area contributed by atoms with Gasteiger partial charge in [0.2, 0.25) is 5.91 Å². The Morgan fingerprint density at radius 2 is 1.79 bits per heavy atom. The number of carbonyl (C=O) groups is 1. The summed E-state index contributed by atoms with van der Waals surface area (Å²) in [6.45, 7) is 8.77. The van der Waals surface area contributed by atoms with E-state index in [1.165, 1.54) is 44.2 Å². The smallest absolute Gasteiger partial charge is 0.238 e. The molecule has 1 aromatic rings. The van der Waals surface area contributed by atoms with Crippen molar-refractivity contribution in [1.82, 2.24) is 5.32 Å². The monoisotopic (exact) mass is 331 g/mol. The number of amides is 1. The lowest BCUT2D eigenvalue weighted by Gasteiger charge is -2.22. The Morgan fingerprint density at radius 3 is 2.38 bits per heavy atom. The van der Waals surface area contributed by atoms with Gasteiger partial charge in [0.1, 0.15) is 0 Å². The summed E-state index contributed by atoms with van der Waals surface area (Å²) in [4.78, 5) is 14.6. The van der Waals surface area contributed by atoms with Crippen molar-refractivity contribution < 1.29 is 4.79 Å². The normalized spacial score (nSPS) is 15.8. The van der Waals surface area contributed by atoms with Crippen LogP contribution in [-0.2, 0) is 4.79 Å². The molecule has 0 atom stereocenters. The van der Waals surface area contributed by atoms with Gasteiger partial charge in [-0.15, -0.1) is 0 Å². The van der Waals surface area contributed by atoms with Crippen LogP contribution in [0, 0.1) is 6.92 Å². The fourth-order valence-corrected chi connectivity index (χ4v) is 3.49. The Morgan fingerprint density at radius 1 is 1.12 bits per heavy atom. The molecule has 1 amide bonds. The molecule has 134 valence electrons. The quantitative estimate of drug-likeness (QED) is 0.740. The van der Waals surface area contributed by atoms with E-state index in [1.807, 2.05) is 6.07 Å². The zero-order chi connectivity index (χ0) is 17.4. The van der Waals surface area contributed by atoms with Crippen LogP contribution in [0.3, 0.4) is 0 Å². The minimum atomic E-state index is 0.0536. The van der Waals surface area contributed by atoms with Crippen LogP contribution in [0.5, 0.6) is 0 Å². The Balaban J connectivity index is 1.86. The molecular weight excluding hydrogens is 298 g/mol. The molecule has 24 heavy (non-hydrogen) atoms. The van der Waals surface area contributed by atoms with Crippen LogP contribution >= 0.6 is 0 Å². The molecule has 4 nitrogen and oxygen atoms in total. The summed E-state index contributed by atoms with van der Waals surface area (Å²) in [6.07, 6.45) is 7.64. The number of nitrogens with one attached hydrogen (secondary N) is 2. The standard InChI is InChI=1S/C20H33N3O/c1-4-23(5-2)18-12-13-19(16(3)14-18)22-20(24)15-21-17-10-8-6-7-9-11-17/h12-14,17,21H,4-11,15H2,1-3H3,(H,22,24). The Bertz CT molecular complexity index is 518. The lowest BCUT2D eigenvalue weighted by molar-refractivity contribution is -0.115. The summed E-state index contributed by atoms with van der Waals surface area (Å²) >= 11 is 0. The van der Waals surface area contributed by atoms with Gasteiger partial charge in [-0.25, -0.2) is 0 Å². The first kappa shape index (κ1) is 18.8. The highest BCUT2D eigenvalue weighted by Crippen LogP contribution is 2.22. The third-order valence-electron chi connectivity index (χ3n) is 5.02. The molecule has 0 unspecified atom stereocenters. The minimum absolute atomic E-state index is 0.0536. The van der Waals surface area contributed by atoms with Gasteiger partial charge in [-0.05, 0) is 57.4 Å². The summed E-state index contributed by atoms with van der Waals surface area (Å²) < 4.78 is 0. The summed E-state index contributed by atoms with van der Waals surface area (Å²) in [7, 11) is 0. The average molecular weight is 332 g/mol. The first-order valence-electron chi connectivity index (χ1n) is 9.52. The van der Waals surface area contributed by atoms with Crippen LogP contribution in [0.25, 0.3) is 0 Å². The second kappa shape index (κ2) is 9.67. The van der Waals surface area contributed by atoms with E-state index in [0.717, 1.165) is 24.3 Å². The fraction of sp³-hybridized carbons (Fsp3) is 0.650. The molecule has 1 fully saturated rings. The second-order valence-electron chi connectivity index (χ2n) is 6.79. The zero-order valence-corrected chi connectivity index (χ0v) is 15.5. The minimum Gasteiger partial charge on any atom is -0.372 e. The van der Waals surface area contributed by atoms with Gasteiger partial charge in [0.05, 0.1) is 6.54 Å². The van der Waals surface area contributed by atoms with Crippen LogP contribution in [-0.4, -0.2) is 31.6 Å². The van der Waals surface area contributed by atoms with E-state index in [0.29, 0.717) is 12.6 Å². The summed E-state index contributed by atoms with van der Waals surface area (Å²) in [5.41, 5.74) is 3.24. The number of aryl methyl sites for hydroxylation is 1. The third-order valence-corrected chi connectivity index (χ3v) is 5.02. The number of rotatable bonds is 7. The van der Waals surface area contributed by atoms with E-state index in [4.69, 9.17) is 0 Å². The molecule has 0 heterocycles. The number of hydrogen-bond donors (Lipinski definition) is 2. The predicted molar refractivity (Wildman–Crippen MR) is 103 cm³/mol. The molecule has 0 aromatic heterocycles. The topological polar surface area (TPSA) is 44.4 Å². The average Bonchev–Trinajstić information content (AvgIpc) is 2.85. The fourth-order valence-electron chi connectivity index (χ4n) is 3.49. The third kappa shape index (κ3) is 5.52. The summed E-state index contributed by atoms with van der Waals surface area (Å²) in [6, 6.07) is 6.77. The largest absolute Gasteiger partial charge is 0.372 e. The van der Waals surface area contributed by atoms with Crippen molar-refractivity contribution in [2.75, 3.05) is 29.9 Å². The molecule has 0 radical (unpaired) electrons. The number of carbonyl (C=O) groups excluding carboxylic acids is 1. The molecule has 0 spiro atoms. The van der Waals surface area contributed by atoms with E-state index in [-0.39, 0.29) is 5.91 Å². The predicted octanol–water partition coefficient (Wildman–Crippen LogP) is 4.09. The Labute approximate surface area is 147 Å². The molecule has 0 saturated heterocycles. The number of nitrogens with zero attached hydrogens (tertiary/aromatic N) is 1. The van der Waals surface area contributed by atoms with Crippen LogP contribution in [0.1, 0.15) is 57.9 Å². The van der Waals surface area contributed by atoms with Gasteiger partial charge >= 0.3 is 0 Å². The first-order valence-corrected chi connectivity index (χ1v) is 9.52. The van der Waals surface area contributed by atoms with Crippen LogP contribution in [0.2, 0.25) is 0 Å². The van der Waals surface area contributed by atoms with Gasteiger partial charge in [-0.1, -0.05) is 25.7 Å². The van der Waals surface area contributed by atoms with Gasteiger partial charge in [-0.3, -0.25) is 4.79 Å². The van der Waals surface area contributed by atoms with Gasteiger partial charge in [0.15, 0.2) is 0 Å². The number of anilines is 2. The van der Waals surface area contributed by atoms with E-state index >= 15 is 0 Å². The maximum absolute atomic E-state index is 12.2. The van der Waals surface area contributed by atoms with Crippen LogP contribution < -0.4 is 15.5 Å². The highest BCUT2D eigenvalue weighted by Gasteiger charge is 2.13. The molecule has 1 aromatic carbocycles. The van der Waals surface area contributed by atoms with Crippen molar-refractivity contribution in [2.45, 2.75) is 65.3 Å². The Hall–Kier alpha value is -1.55. The SMILES string of the molecule is CCN(CC)c1ccc(NC(=O)CNC2CCCCCC2)c(C)c1. The van der Waals surface area contributed by atoms with Crippen LogP contribution in [0.4, 0.5) is 11.4 Å². The molecule has 1 aliphatic carbocycles. The lowest BCUT2D eigenvalue weighted by atomic mass is 10.1. The van der Waals surface area contributed by atoms with Gasteiger partial charge in [0.25, 0.3) is 0 Å². The van der Waals surface area contributed by atoms with Gasteiger partial charge in [-0.2, -0.15) is 0 Å². The van der Waals surface area contributed by atoms with Crippen molar-refractivity contribution >= 4 is 17.3 Å². The molecule has 4 heteroatoms. The van der Waals surface area contributed by atoms with Crippen molar-refractivity contribution in [3.63, 3.8) is 0 Å². The second-order valence-corrected chi connectivity index (χ2v) is 6.79. The molecular formula is C20H33N3O. The van der Waals surface area contributed by atoms with Gasteiger partial charge in [0, 0.05) is 30.5 Å². The molecule has 1 aliphatic rings. The van der Waals surface area contributed by atoms with E-state index in [1.54, 1.807) is 0 Å². The maximum atomic E-state index is 12.2. The van der Waals surface area contributed by atoms with Crippen molar-refractivity contribution in [2.24, 2.45) is 0 Å². The summed E-state index contributed by atoms with van der Waals surface area (Å²) in [5, 5.41) is 6.48. The number of hydrogen-bond acceptors (Lipinski definition) is 3. The van der Waals surface area contributed by atoms with Crippen molar-refractivity contribution in [1.29, 1.82) is 0 Å². The molecule has 0 aliphatic heterocycles. The summed E-state index contributed by atoms with van der Waals surface area (Å²) in [5.74, 6) is 0.0536. The van der Waals surface area contributed by atoms with E-state index in [2.05, 4.69) is 48.4 Å². The molecule has 2 rings (SSSR count). The highest BCUT2D eigenvalue weighted by atomic mass is 16.1. The maximum Gasteiger partial charge on any atom is 0.238 e. The molecule has 0 bridgehead atoms. The lowest BCUT2D eigenvalue weighted by Crippen LogP contribution is -2.36. The van der Waals surface area contributed by atoms with Crippen LogP contribution in [0.15, 0.2) is 18.2 Å². The molecule has 1 saturated carbocycles. The van der Waals surface area contributed by atoms with Crippen molar-refractivity contribution in [3.8, 4) is 0 Å².